The molecule has 152 valence electrons. The molecule has 0 saturated carbocycles. The van der Waals surface area contributed by atoms with Crippen molar-refractivity contribution in [2.45, 2.75) is 18.9 Å². The topological polar surface area (TPSA) is 81.8 Å². The van der Waals surface area contributed by atoms with Crippen molar-refractivity contribution in [3.05, 3.63) is 60.2 Å². The van der Waals surface area contributed by atoms with E-state index in [9.17, 15) is 14.4 Å². The number of nitrogens with one attached hydrogen (secondary N) is 2. The average Bonchev–Trinajstić information content (AvgIpc) is 2.72. The molecule has 1 unspecified atom stereocenters. The maximum atomic E-state index is 12.6. The molecular weight excluding hydrogens is 368 g/mol. The molecule has 2 N–H and O–H groups in total. The molecule has 3 amide bonds. The number of nitrogens with zero attached hydrogens (tertiary/aromatic N) is 2. The molecule has 29 heavy (non-hydrogen) atoms. The first-order valence-electron chi connectivity index (χ1n) is 9.63. The Morgan fingerprint density at radius 3 is 2.48 bits per heavy atom. The van der Waals surface area contributed by atoms with Crippen molar-refractivity contribution in [1.29, 1.82) is 0 Å². The van der Waals surface area contributed by atoms with E-state index in [1.165, 1.54) is 4.90 Å². The lowest BCUT2D eigenvalue weighted by molar-refractivity contribution is -0.125. The van der Waals surface area contributed by atoms with Gasteiger partial charge in [0.25, 0.3) is 0 Å². The molecule has 1 heterocycles. The zero-order valence-electron chi connectivity index (χ0n) is 16.7. The van der Waals surface area contributed by atoms with Crippen molar-refractivity contribution in [2.24, 2.45) is 0 Å². The zero-order chi connectivity index (χ0) is 20.8. The van der Waals surface area contributed by atoms with Crippen LogP contribution < -0.4 is 15.5 Å². The fourth-order valence-corrected chi connectivity index (χ4v) is 3.38. The summed E-state index contributed by atoms with van der Waals surface area (Å²) in [7, 11) is 3.93. The van der Waals surface area contributed by atoms with Gasteiger partial charge < -0.3 is 20.4 Å². The first-order chi connectivity index (χ1) is 14.0. The lowest BCUT2D eigenvalue weighted by atomic mass is 10.1. The highest BCUT2D eigenvalue weighted by Crippen LogP contribution is 2.29. The first-order valence-corrected chi connectivity index (χ1v) is 9.63. The third-order valence-electron chi connectivity index (χ3n) is 4.94. The summed E-state index contributed by atoms with van der Waals surface area (Å²) in [6.07, 6.45) is 0.124. The van der Waals surface area contributed by atoms with E-state index in [2.05, 4.69) is 10.6 Å². The Morgan fingerprint density at radius 1 is 1.07 bits per heavy atom. The molecular formula is C22H26N4O3. The van der Waals surface area contributed by atoms with Crippen LogP contribution in [0.2, 0.25) is 0 Å². The van der Waals surface area contributed by atoms with Gasteiger partial charge in [-0.1, -0.05) is 42.5 Å². The molecule has 0 spiro atoms. The number of hydrogen-bond donors (Lipinski definition) is 2. The van der Waals surface area contributed by atoms with E-state index in [-0.39, 0.29) is 43.1 Å². The van der Waals surface area contributed by atoms with Gasteiger partial charge in [0.05, 0.1) is 17.4 Å². The van der Waals surface area contributed by atoms with Crippen LogP contribution in [0.1, 0.15) is 24.4 Å². The van der Waals surface area contributed by atoms with Crippen LogP contribution in [-0.2, 0) is 14.4 Å². The summed E-state index contributed by atoms with van der Waals surface area (Å²) in [5, 5.41) is 5.67. The summed E-state index contributed by atoms with van der Waals surface area (Å²) >= 11 is 0. The standard InChI is InChI=1S/C22H26N4O3/c1-25(2)19(16-8-4-3-5-9-16)14-23-20(27)12-13-22(29)26-15-21(28)24-17-10-6-7-11-18(17)26/h3-11,19H,12-15H2,1-2H3,(H,23,27)(H,24,28). The van der Waals surface area contributed by atoms with Gasteiger partial charge in [-0.3, -0.25) is 14.4 Å². The van der Waals surface area contributed by atoms with Gasteiger partial charge in [-0.2, -0.15) is 0 Å². The molecule has 0 aliphatic carbocycles. The number of rotatable bonds is 7. The Kier molecular flexibility index (Phi) is 6.61. The smallest absolute Gasteiger partial charge is 0.244 e. The van der Waals surface area contributed by atoms with E-state index < -0.39 is 0 Å². The predicted molar refractivity (Wildman–Crippen MR) is 113 cm³/mol. The maximum Gasteiger partial charge on any atom is 0.244 e. The minimum Gasteiger partial charge on any atom is -0.354 e. The van der Waals surface area contributed by atoms with Crippen LogP contribution in [0.5, 0.6) is 0 Å². The van der Waals surface area contributed by atoms with E-state index in [4.69, 9.17) is 0 Å². The molecule has 7 nitrogen and oxygen atoms in total. The lowest BCUT2D eigenvalue weighted by Crippen LogP contribution is -2.42. The summed E-state index contributed by atoms with van der Waals surface area (Å²) in [6, 6.07) is 17.2. The van der Waals surface area contributed by atoms with Crippen molar-refractivity contribution in [3.8, 4) is 0 Å². The summed E-state index contributed by atoms with van der Waals surface area (Å²) in [4.78, 5) is 40.3. The number of fused-ring (bicyclic) bond motifs is 1. The number of anilines is 2. The van der Waals surface area contributed by atoms with Gasteiger partial charge in [-0.15, -0.1) is 0 Å². The minimum absolute atomic E-state index is 0.0336. The number of benzene rings is 2. The van der Waals surface area contributed by atoms with Gasteiger partial charge in [0.15, 0.2) is 0 Å². The van der Waals surface area contributed by atoms with Crippen LogP contribution >= 0.6 is 0 Å². The van der Waals surface area contributed by atoms with Crippen molar-refractivity contribution in [2.75, 3.05) is 37.4 Å². The second kappa shape index (κ2) is 9.34. The fourth-order valence-electron chi connectivity index (χ4n) is 3.38. The Morgan fingerprint density at radius 2 is 1.76 bits per heavy atom. The number of para-hydroxylation sites is 2. The predicted octanol–water partition coefficient (Wildman–Crippen LogP) is 2.17. The fraction of sp³-hybridized carbons (Fsp3) is 0.318. The van der Waals surface area contributed by atoms with Crippen LogP contribution in [-0.4, -0.2) is 49.8 Å². The lowest BCUT2D eigenvalue weighted by Gasteiger charge is -2.29. The average molecular weight is 394 g/mol. The summed E-state index contributed by atoms with van der Waals surface area (Å²) < 4.78 is 0. The maximum absolute atomic E-state index is 12.6. The molecule has 2 aromatic rings. The van der Waals surface area contributed by atoms with Gasteiger partial charge >= 0.3 is 0 Å². The highest BCUT2D eigenvalue weighted by Gasteiger charge is 2.26. The van der Waals surface area contributed by atoms with Gasteiger partial charge in [0.2, 0.25) is 17.7 Å². The number of carbonyl (C=O) groups excluding carboxylic acids is 3. The normalized spacial score (nSPS) is 14.2. The largest absolute Gasteiger partial charge is 0.354 e. The Bertz CT molecular complexity index is 883. The molecule has 2 aromatic carbocycles. The first kappa shape index (κ1) is 20.5. The third-order valence-corrected chi connectivity index (χ3v) is 4.94. The van der Waals surface area contributed by atoms with Crippen LogP contribution in [0.3, 0.4) is 0 Å². The van der Waals surface area contributed by atoms with Crippen molar-refractivity contribution in [1.82, 2.24) is 10.2 Å². The van der Waals surface area contributed by atoms with Gasteiger partial charge in [-0.05, 0) is 31.8 Å². The van der Waals surface area contributed by atoms with Crippen LogP contribution in [0.15, 0.2) is 54.6 Å². The van der Waals surface area contributed by atoms with E-state index >= 15 is 0 Å². The highest BCUT2D eigenvalue weighted by molar-refractivity contribution is 6.10. The Labute approximate surface area is 170 Å². The minimum atomic E-state index is -0.241. The number of carbonyl (C=O) groups is 3. The number of likely N-dealkylation sites (N-methyl/N-ethyl adjacent to an activating group) is 1. The van der Waals surface area contributed by atoms with E-state index in [0.29, 0.717) is 17.9 Å². The van der Waals surface area contributed by atoms with Crippen molar-refractivity contribution >= 4 is 29.1 Å². The van der Waals surface area contributed by atoms with Crippen LogP contribution in [0, 0.1) is 0 Å². The Hall–Kier alpha value is -3.19. The molecule has 1 aliphatic heterocycles. The summed E-state index contributed by atoms with van der Waals surface area (Å²) in [6.45, 7) is 0.424. The second-order valence-corrected chi connectivity index (χ2v) is 7.24. The van der Waals surface area contributed by atoms with Gasteiger partial charge in [0, 0.05) is 19.4 Å². The zero-order valence-corrected chi connectivity index (χ0v) is 16.7. The van der Waals surface area contributed by atoms with Gasteiger partial charge in [-0.25, -0.2) is 0 Å². The SMILES string of the molecule is CN(C)C(CNC(=O)CCC(=O)N1CC(=O)Nc2ccccc21)c1ccccc1. The molecule has 0 bridgehead atoms. The summed E-state index contributed by atoms with van der Waals surface area (Å²) in [5.41, 5.74) is 2.39. The second-order valence-electron chi connectivity index (χ2n) is 7.24. The van der Waals surface area contributed by atoms with Crippen LogP contribution in [0.4, 0.5) is 11.4 Å². The van der Waals surface area contributed by atoms with Crippen LogP contribution in [0.25, 0.3) is 0 Å². The summed E-state index contributed by atoms with van der Waals surface area (Å²) in [5.74, 6) is -0.663. The number of hydrogen-bond acceptors (Lipinski definition) is 4. The molecule has 1 aliphatic rings. The molecule has 0 fully saturated rings. The molecule has 7 heteroatoms. The van der Waals surface area contributed by atoms with Gasteiger partial charge in [0.1, 0.15) is 6.54 Å². The third kappa shape index (κ3) is 5.20. The molecule has 0 aromatic heterocycles. The van der Waals surface area contributed by atoms with Crippen molar-refractivity contribution in [3.63, 3.8) is 0 Å². The molecule has 0 radical (unpaired) electrons. The number of amides is 3. The van der Waals surface area contributed by atoms with E-state index in [0.717, 1.165) is 5.56 Å². The highest BCUT2D eigenvalue weighted by atomic mass is 16.2. The molecule has 3 rings (SSSR count). The quantitative estimate of drug-likeness (QED) is 0.754. The van der Waals surface area contributed by atoms with Crippen molar-refractivity contribution < 1.29 is 14.4 Å². The molecule has 1 atom stereocenters. The van der Waals surface area contributed by atoms with E-state index in [1.807, 2.05) is 55.4 Å². The molecule has 0 saturated heterocycles. The monoisotopic (exact) mass is 394 g/mol. The van der Waals surface area contributed by atoms with E-state index in [1.54, 1.807) is 18.2 Å². The Balaban J connectivity index is 1.54.